The second kappa shape index (κ2) is 9.08. The topological polar surface area (TPSA) is 32.7 Å². The minimum atomic E-state index is -0.317. The Hall–Kier alpha value is 0.0600. The van der Waals surface area contributed by atoms with Crippen LogP contribution in [0.2, 0.25) is 0 Å². The fourth-order valence-electron chi connectivity index (χ4n) is 1.79. The maximum atomic E-state index is 10.0. The molecular formula is C14H24BrNO2S. The van der Waals surface area contributed by atoms with E-state index in [0.717, 1.165) is 16.9 Å². The zero-order valence-corrected chi connectivity index (χ0v) is 14.3. The van der Waals surface area contributed by atoms with E-state index in [0.29, 0.717) is 19.6 Å². The largest absolute Gasteiger partial charge is 0.392 e. The summed E-state index contributed by atoms with van der Waals surface area (Å²) in [5.41, 5.74) is 0. The number of rotatable bonds is 9. The van der Waals surface area contributed by atoms with Gasteiger partial charge in [-0.3, -0.25) is 4.90 Å². The van der Waals surface area contributed by atoms with Crippen molar-refractivity contribution in [3.8, 4) is 0 Å². The summed E-state index contributed by atoms with van der Waals surface area (Å²) < 4.78 is 6.62. The maximum Gasteiger partial charge on any atom is 0.0701 e. The van der Waals surface area contributed by atoms with Gasteiger partial charge >= 0.3 is 0 Å². The van der Waals surface area contributed by atoms with E-state index in [9.17, 15) is 5.11 Å². The van der Waals surface area contributed by atoms with Gasteiger partial charge in [-0.05, 0) is 54.9 Å². The van der Waals surface area contributed by atoms with Crippen LogP contribution in [0.15, 0.2) is 15.9 Å². The van der Waals surface area contributed by atoms with Gasteiger partial charge in [-0.2, -0.15) is 0 Å². The Balaban J connectivity index is 2.30. The Kier molecular flexibility index (Phi) is 8.18. The summed E-state index contributed by atoms with van der Waals surface area (Å²) in [6.07, 6.45) is 0.614. The highest BCUT2D eigenvalue weighted by atomic mass is 79.9. The minimum Gasteiger partial charge on any atom is -0.392 e. The molecular weight excluding hydrogens is 326 g/mol. The lowest BCUT2D eigenvalue weighted by atomic mass is 10.2. The lowest BCUT2D eigenvalue weighted by molar-refractivity contribution is 0.0343. The number of aliphatic hydroxyl groups excluding tert-OH is 1. The fourth-order valence-corrected chi connectivity index (χ4v) is 3.32. The van der Waals surface area contributed by atoms with E-state index in [-0.39, 0.29) is 12.2 Å². The van der Waals surface area contributed by atoms with Crippen LogP contribution in [0, 0.1) is 0 Å². The van der Waals surface area contributed by atoms with Gasteiger partial charge in [0.15, 0.2) is 0 Å². The molecule has 0 radical (unpaired) electrons. The second-order valence-corrected chi connectivity index (χ2v) is 7.44. The highest BCUT2D eigenvalue weighted by Gasteiger charge is 2.12. The predicted octanol–water partition coefficient (Wildman–Crippen LogP) is 3.51. The fraction of sp³-hybridized carbons (Fsp3) is 0.714. The summed E-state index contributed by atoms with van der Waals surface area (Å²) in [5.74, 6) is 0. The maximum absolute atomic E-state index is 10.0. The van der Waals surface area contributed by atoms with Gasteiger partial charge in [-0.1, -0.05) is 6.92 Å². The Labute approximate surface area is 128 Å². The van der Waals surface area contributed by atoms with Crippen LogP contribution in [0.25, 0.3) is 0 Å². The number of ether oxygens (including phenoxy) is 1. The van der Waals surface area contributed by atoms with Gasteiger partial charge in [0, 0.05) is 24.6 Å². The number of hydrogen-bond donors (Lipinski definition) is 1. The van der Waals surface area contributed by atoms with Crippen molar-refractivity contribution < 1.29 is 9.84 Å². The standard InChI is InChI=1S/C14H24BrNO2S/c1-4-16(10-13-5-6-14(15)19-13)9-12(17)7-8-18-11(2)3/h5-6,11-12,17H,4,7-10H2,1-3H3. The molecule has 19 heavy (non-hydrogen) atoms. The molecule has 3 nitrogen and oxygen atoms in total. The number of thiophene rings is 1. The Bertz CT molecular complexity index is 357. The molecule has 1 aromatic rings. The number of likely N-dealkylation sites (N-methyl/N-ethyl adjacent to an activating group) is 1. The van der Waals surface area contributed by atoms with Crippen molar-refractivity contribution in [3.05, 3.63) is 20.8 Å². The lowest BCUT2D eigenvalue weighted by Gasteiger charge is -2.23. The van der Waals surface area contributed by atoms with Crippen molar-refractivity contribution >= 4 is 27.3 Å². The average molecular weight is 350 g/mol. The number of halogens is 1. The van der Waals surface area contributed by atoms with Crippen LogP contribution >= 0.6 is 27.3 Å². The number of nitrogens with zero attached hydrogens (tertiary/aromatic N) is 1. The van der Waals surface area contributed by atoms with Gasteiger partial charge in [0.25, 0.3) is 0 Å². The van der Waals surface area contributed by atoms with Crippen LogP contribution in [-0.4, -0.2) is 41.9 Å². The average Bonchev–Trinajstić information content (AvgIpc) is 2.73. The number of hydrogen-bond acceptors (Lipinski definition) is 4. The molecule has 0 aliphatic rings. The van der Waals surface area contributed by atoms with Gasteiger partial charge in [0.2, 0.25) is 0 Å². The van der Waals surface area contributed by atoms with Crippen LogP contribution in [0.1, 0.15) is 32.1 Å². The van der Waals surface area contributed by atoms with Crippen LogP contribution in [0.3, 0.4) is 0 Å². The van der Waals surface area contributed by atoms with Crippen LogP contribution < -0.4 is 0 Å². The molecule has 1 rings (SSSR count). The first-order chi connectivity index (χ1) is 9.01. The molecule has 0 aromatic carbocycles. The SMILES string of the molecule is CCN(Cc1ccc(Br)s1)CC(O)CCOC(C)C. The third-order valence-corrected chi connectivity index (χ3v) is 4.44. The van der Waals surface area contributed by atoms with E-state index in [1.54, 1.807) is 11.3 Å². The zero-order chi connectivity index (χ0) is 14.3. The van der Waals surface area contributed by atoms with E-state index >= 15 is 0 Å². The molecule has 0 fully saturated rings. The van der Waals surface area contributed by atoms with Gasteiger partial charge in [0.1, 0.15) is 0 Å². The van der Waals surface area contributed by atoms with Crippen molar-refractivity contribution in [2.24, 2.45) is 0 Å². The van der Waals surface area contributed by atoms with Crippen molar-refractivity contribution in [3.63, 3.8) is 0 Å². The molecule has 1 unspecified atom stereocenters. The summed E-state index contributed by atoms with van der Waals surface area (Å²) >= 11 is 5.23. The van der Waals surface area contributed by atoms with Crippen LogP contribution in [-0.2, 0) is 11.3 Å². The van der Waals surface area contributed by atoms with Gasteiger partial charge in [0.05, 0.1) is 16.0 Å². The third-order valence-electron chi connectivity index (χ3n) is 2.83. The molecule has 5 heteroatoms. The lowest BCUT2D eigenvalue weighted by Crippen LogP contribution is -2.32. The molecule has 1 atom stereocenters. The molecule has 0 bridgehead atoms. The minimum absolute atomic E-state index is 0.234. The van der Waals surface area contributed by atoms with Crippen molar-refractivity contribution in [2.45, 2.75) is 45.9 Å². The van der Waals surface area contributed by atoms with Crippen LogP contribution in [0.5, 0.6) is 0 Å². The van der Waals surface area contributed by atoms with Crippen molar-refractivity contribution in [1.29, 1.82) is 0 Å². The molecule has 0 saturated heterocycles. The van der Waals surface area contributed by atoms with Crippen LogP contribution in [0.4, 0.5) is 0 Å². The van der Waals surface area contributed by atoms with E-state index < -0.39 is 0 Å². The number of aliphatic hydroxyl groups is 1. The Morgan fingerprint density at radius 3 is 2.68 bits per heavy atom. The summed E-state index contributed by atoms with van der Waals surface area (Å²) in [6.45, 7) is 9.32. The molecule has 110 valence electrons. The first-order valence-corrected chi connectivity index (χ1v) is 8.38. The molecule has 1 heterocycles. The normalized spacial score (nSPS) is 13.4. The van der Waals surface area contributed by atoms with E-state index in [4.69, 9.17) is 4.74 Å². The summed E-state index contributed by atoms with van der Waals surface area (Å²) in [4.78, 5) is 3.58. The first kappa shape index (κ1) is 17.1. The highest BCUT2D eigenvalue weighted by molar-refractivity contribution is 9.11. The van der Waals surface area contributed by atoms with Crippen molar-refractivity contribution in [1.82, 2.24) is 4.90 Å². The summed E-state index contributed by atoms with van der Waals surface area (Å²) in [7, 11) is 0. The zero-order valence-electron chi connectivity index (χ0n) is 11.9. The molecule has 0 aliphatic carbocycles. The molecule has 1 aromatic heterocycles. The van der Waals surface area contributed by atoms with Gasteiger partial charge in [-0.25, -0.2) is 0 Å². The summed E-state index contributed by atoms with van der Waals surface area (Å²) in [6, 6.07) is 4.20. The molecule has 0 amide bonds. The molecule has 1 N–H and O–H groups in total. The predicted molar refractivity (Wildman–Crippen MR) is 84.7 cm³/mol. The highest BCUT2D eigenvalue weighted by Crippen LogP contribution is 2.23. The van der Waals surface area contributed by atoms with E-state index in [1.807, 2.05) is 13.8 Å². The molecule has 0 spiro atoms. The Morgan fingerprint density at radius 2 is 2.16 bits per heavy atom. The monoisotopic (exact) mass is 349 g/mol. The molecule has 0 saturated carbocycles. The van der Waals surface area contributed by atoms with Crippen molar-refractivity contribution in [2.75, 3.05) is 19.7 Å². The first-order valence-electron chi connectivity index (χ1n) is 6.77. The quantitative estimate of drug-likeness (QED) is 0.740. The smallest absolute Gasteiger partial charge is 0.0701 e. The van der Waals surface area contributed by atoms with E-state index in [1.165, 1.54) is 4.88 Å². The van der Waals surface area contributed by atoms with E-state index in [2.05, 4.69) is 39.9 Å². The second-order valence-electron chi connectivity index (χ2n) is 4.90. The molecule has 0 aliphatic heterocycles. The van der Waals surface area contributed by atoms with Gasteiger partial charge in [-0.15, -0.1) is 11.3 Å². The third kappa shape index (κ3) is 7.42. The van der Waals surface area contributed by atoms with Gasteiger partial charge < -0.3 is 9.84 Å². The summed E-state index contributed by atoms with van der Waals surface area (Å²) in [5, 5.41) is 10.0. The Morgan fingerprint density at radius 1 is 1.42 bits per heavy atom.